The summed E-state index contributed by atoms with van der Waals surface area (Å²) in [5.41, 5.74) is 0.179. The number of aromatic nitrogens is 2. The summed E-state index contributed by atoms with van der Waals surface area (Å²) >= 11 is 0. The second-order valence-corrected chi connectivity index (χ2v) is 5.85. The molecule has 1 unspecified atom stereocenters. The Balaban J connectivity index is 2.42. The van der Waals surface area contributed by atoms with Crippen molar-refractivity contribution in [2.45, 2.75) is 45.8 Å². The van der Waals surface area contributed by atoms with Gasteiger partial charge in [0.2, 0.25) is 0 Å². The molecule has 0 bridgehead atoms. The molecule has 98 valence electrons. The van der Waals surface area contributed by atoms with E-state index in [1.54, 1.807) is 0 Å². The normalized spacial score (nSPS) is 14.3. The molecule has 1 atom stereocenters. The fourth-order valence-electron chi connectivity index (χ4n) is 1.54. The minimum absolute atomic E-state index is 0.179. The van der Waals surface area contributed by atoms with Crippen molar-refractivity contribution in [3.63, 3.8) is 0 Å². The molecule has 0 saturated heterocycles. The SMILES string of the molecule is CC(CNC(C)(C)C)N(C)Cc1nccn1C. The number of likely N-dealkylation sites (N-methyl/N-ethyl adjacent to an activating group) is 1. The number of rotatable bonds is 5. The van der Waals surface area contributed by atoms with Gasteiger partial charge in [-0.15, -0.1) is 0 Å². The van der Waals surface area contributed by atoms with E-state index in [0.29, 0.717) is 6.04 Å². The Hall–Kier alpha value is -0.870. The van der Waals surface area contributed by atoms with Gasteiger partial charge in [0.15, 0.2) is 0 Å². The highest BCUT2D eigenvalue weighted by molar-refractivity contribution is 4.91. The summed E-state index contributed by atoms with van der Waals surface area (Å²) in [4.78, 5) is 6.67. The van der Waals surface area contributed by atoms with Crippen LogP contribution < -0.4 is 5.32 Å². The van der Waals surface area contributed by atoms with Crippen molar-refractivity contribution in [3.05, 3.63) is 18.2 Å². The quantitative estimate of drug-likeness (QED) is 0.846. The van der Waals surface area contributed by atoms with Crippen molar-refractivity contribution in [1.29, 1.82) is 0 Å². The van der Waals surface area contributed by atoms with Crippen LogP contribution in [0.25, 0.3) is 0 Å². The average Bonchev–Trinajstić information content (AvgIpc) is 2.59. The fourth-order valence-corrected chi connectivity index (χ4v) is 1.54. The van der Waals surface area contributed by atoms with E-state index in [1.807, 2.05) is 19.4 Å². The lowest BCUT2D eigenvalue weighted by Gasteiger charge is -2.29. The molecule has 1 aromatic heterocycles. The van der Waals surface area contributed by atoms with Gasteiger partial charge in [-0.3, -0.25) is 4.90 Å². The summed E-state index contributed by atoms with van der Waals surface area (Å²) in [6.07, 6.45) is 3.84. The van der Waals surface area contributed by atoms with Gasteiger partial charge in [-0.1, -0.05) is 0 Å². The van der Waals surface area contributed by atoms with Gasteiger partial charge in [0, 0.05) is 37.6 Å². The topological polar surface area (TPSA) is 33.1 Å². The minimum Gasteiger partial charge on any atom is -0.337 e. The zero-order valence-electron chi connectivity index (χ0n) is 12.0. The molecule has 0 amide bonds. The lowest BCUT2D eigenvalue weighted by atomic mass is 10.1. The molecule has 17 heavy (non-hydrogen) atoms. The van der Waals surface area contributed by atoms with Crippen LogP contribution in [0.2, 0.25) is 0 Å². The van der Waals surface area contributed by atoms with E-state index in [2.05, 4.69) is 54.5 Å². The average molecular weight is 238 g/mol. The molecule has 4 nitrogen and oxygen atoms in total. The van der Waals surface area contributed by atoms with Gasteiger partial charge in [0.25, 0.3) is 0 Å². The zero-order valence-corrected chi connectivity index (χ0v) is 12.0. The van der Waals surface area contributed by atoms with Crippen LogP contribution in [0.4, 0.5) is 0 Å². The minimum atomic E-state index is 0.179. The number of hydrogen-bond donors (Lipinski definition) is 1. The van der Waals surface area contributed by atoms with Crippen LogP contribution in [0.5, 0.6) is 0 Å². The molecule has 0 spiro atoms. The van der Waals surface area contributed by atoms with Gasteiger partial charge in [0.1, 0.15) is 5.82 Å². The molecule has 0 fully saturated rings. The number of imidazole rings is 1. The highest BCUT2D eigenvalue weighted by Crippen LogP contribution is 2.05. The molecule has 0 saturated carbocycles. The van der Waals surface area contributed by atoms with Gasteiger partial charge >= 0.3 is 0 Å². The lowest BCUT2D eigenvalue weighted by Crippen LogP contribution is -2.45. The maximum atomic E-state index is 4.35. The van der Waals surface area contributed by atoms with E-state index < -0.39 is 0 Å². The third kappa shape index (κ3) is 4.88. The molecule has 1 aromatic rings. The van der Waals surface area contributed by atoms with Crippen molar-refractivity contribution in [2.75, 3.05) is 13.6 Å². The highest BCUT2D eigenvalue weighted by Gasteiger charge is 2.15. The fraction of sp³-hybridized carbons (Fsp3) is 0.769. The Labute approximate surface area is 105 Å². The number of hydrogen-bond acceptors (Lipinski definition) is 3. The van der Waals surface area contributed by atoms with Crippen LogP contribution in [-0.2, 0) is 13.6 Å². The maximum Gasteiger partial charge on any atom is 0.122 e. The van der Waals surface area contributed by atoms with Gasteiger partial charge in [0.05, 0.1) is 6.54 Å². The first-order valence-corrected chi connectivity index (χ1v) is 6.21. The number of aryl methyl sites for hydroxylation is 1. The van der Waals surface area contributed by atoms with Crippen molar-refractivity contribution >= 4 is 0 Å². The van der Waals surface area contributed by atoms with Crippen molar-refractivity contribution < 1.29 is 0 Å². The largest absolute Gasteiger partial charge is 0.337 e. The molecule has 1 rings (SSSR count). The van der Waals surface area contributed by atoms with E-state index in [0.717, 1.165) is 18.9 Å². The Morgan fingerprint density at radius 1 is 1.47 bits per heavy atom. The summed E-state index contributed by atoms with van der Waals surface area (Å²) in [7, 11) is 4.18. The summed E-state index contributed by atoms with van der Waals surface area (Å²) in [5, 5.41) is 3.53. The lowest BCUT2D eigenvalue weighted by molar-refractivity contribution is 0.222. The van der Waals surface area contributed by atoms with Crippen LogP contribution in [-0.4, -0.2) is 39.6 Å². The van der Waals surface area contributed by atoms with Crippen LogP contribution in [0.15, 0.2) is 12.4 Å². The summed E-state index contributed by atoms with van der Waals surface area (Å²) in [6.45, 7) is 10.7. The van der Waals surface area contributed by atoms with Crippen LogP contribution in [0, 0.1) is 0 Å². The summed E-state index contributed by atoms with van der Waals surface area (Å²) in [6, 6.07) is 0.492. The Morgan fingerprint density at radius 2 is 2.12 bits per heavy atom. The van der Waals surface area contributed by atoms with Gasteiger partial charge < -0.3 is 9.88 Å². The van der Waals surface area contributed by atoms with E-state index in [1.165, 1.54) is 0 Å². The predicted molar refractivity (Wildman–Crippen MR) is 71.9 cm³/mol. The molecule has 0 aromatic carbocycles. The van der Waals surface area contributed by atoms with E-state index in [9.17, 15) is 0 Å². The molecular weight excluding hydrogens is 212 g/mol. The first-order valence-electron chi connectivity index (χ1n) is 6.21. The maximum absolute atomic E-state index is 4.35. The summed E-state index contributed by atoms with van der Waals surface area (Å²) in [5.74, 6) is 1.11. The van der Waals surface area contributed by atoms with Crippen LogP contribution in [0.3, 0.4) is 0 Å². The van der Waals surface area contributed by atoms with Crippen LogP contribution >= 0.6 is 0 Å². The van der Waals surface area contributed by atoms with E-state index in [-0.39, 0.29) is 5.54 Å². The van der Waals surface area contributed by atoms with Gasteiger partial charge in [-0.05, 0) is 34.7 Å². The molecule has 1 N–H and O–H groups in total. The monoisotopic (exact) mass is 238 g/mol. The Morgan fingerprint density at radius 3 is 2.59 bits per heavy atom. The van der Waals surface area contributed by atoms with Crippen molar-refractivity contribution in [1.82, 2.24) is 19.8 Å². The van der Waals surface area contributed by atoms with E-state index >= 15 is 0 Å². The number of nitrogens with one attached hydrogen (secondary N) is 1. The first kappa shape index (κ1) is 14.2. The van der Waals surface area contributed by atoms with Crippen LogP contribution in [0.1, 0.15) is 33.5 Å². The van der Waals surface area contributed by atoms with Crippen molar-refractivity contribution in [2.24, 2.45) is 7.05 Å². The van der Waals surface area contributed by atoms with Crippen molar-refractivity contribution in [3.8, 4) is 0 Å². The van der Waals surface area contributed by atoms with Gasteiger partial charge in [-0.2, -0.15) is 0 Å². The Kier molecular flexibility index (Phi) is 4.71. The van der Waals surface area contributed by atoms with E-state index in [4.69, 9.17) is 0 Å². The molecular formula is C13H26N4. The highest BCUT2D eigenvalue weighted by atomic mass is 15.2. The molecule has 0 radical (unpaired) electrons. The third-order valence-corrected chi connectivity index (χ3v) is 2.99. The first-order chi connectivity index (χ1) is 7.79. The second-order valence-electron chi connectivity index (χ2n) is 5.85. The smallest absolute Gasteiger partial charge is 0.122 e. The Bertz CT molecular complexity index is 337. The molecule has 0 aliphatic carbocycles. The molecule has 1 heterocycles. The van der Waals surface area contributed by atoms with Gasteiger partial charge in [-0.25, -0.2) is 4.98 Å². The second kappa shape index (κ2) is 5.65. The number of nitrogens with zero attached hydrogens (tertiary/aromatic N) is 3. The molecule has 4 heteroatoms. The standard InChI is InChI=1S/C13H26N4/c1-11(9-15-13(2,3)4)17(6)10-12-14-7-8-16(12)5/h7-8,11,15H,9-10H2,1-6H3. The zero-order chi connectivity index (χ0) is 13.1. The molecule has 0 aliphatic heterocycles. The molecule has 0 aliphatic rings. The summed E-state index contributed by atoms with van der Waals surface area (Å²) < 4.78 is 2.07. The predicted octanol–water partition coefficient (Wildman–Crippen LogP) is 1.63. The third-order valence-electron chi connectivity index (χ3n) is 2.99.